The molecule has 1 heterocycles. The Kier molecular flexibility index (Phi) is 6.35. The largest absolute Gasteiger partial charge is 0.454 e. The summed E-state index contributed by atoms with van der Waals surface area (Å²) in [4.78, 5) is 14.6. The number of carbonyl (C=O) groups is 1. The van der Waals surface area contributed by atoms with Gasteiger partial charge in [0.05, 0.1) is 12.6 Å². The second-order valence-electron chi connectivity index (χ2n) is 6.88. The van der Waals surface area contributed by atoms with Gasteiger partial charge in [0.2, 0.25) is 12.7 Å². The summed E-state index contributed by atoms with van der Waals surface area (Å²) in [7, 11) is 0. The standard InChI is InChI=1S/C22H28N2O3/c1-4-17-6-9-19(10-7-17)16(3)23-22(25)14-24(5-2)13-18-8-11-20-21(12-18)27-15-26-20/h6-12,16H,4-5,13-15H2,1-3H3,(H,23,25). The highest BCUT2D eigenvalue weighted by molar-refractivity contribution is 5.78. The summed E-state index contributed by atoms with van der Waals surface area (Å²) in [5.74, 6) is 1.59. The summed E-state index contributed by atoms with van der Waals surface area (Å²) in [5, 5.41) is 3.10. The number of hydrogen-bond donors (Lipinski definition) is 1. The number of nitrogens with one attached hydrogen (secondary N) is 1. The summed E-state index contributed by atoms with van der Waals surface area (Å²) < 4.78 is 10.8. The number of rotatable bonds is 8. The summed E-state index contributed by atoms with van der Waals surface area (Å²) in [5.41, 5.74) is 3.54. The van der Waals surface area contributed by atoms with Crippen LogP contribution < -0.4 is 14.8 Å². The molecule has 0 saturated heterocycles. The van der Waals surface area contributed by atoms with Gasteiger partial charge in [0.15, 0.2) is 11.5 Å². The molecule has 0 fully saturated rings. The maximum absolute atomic E-state index is 12.5. The molecule has 2 aromatic rings. The highest BCUT2D eigenvalue weighted by Gasteiger charge is 2.16. The lowest BCUT2D eigenvalue weighted by molar-refractivity contribution is -0.123. The molecule has 5 nitrogen and oxygen atoms in total. The Balaban J connectivity index is 1.54. The number of benzene rings is 2. The van der Waals surface area contributed by atoms with Gasteiger partial charge in [-0.25, -0.2) is 0 Å². The zero-order chi connectivity index (χ0) is 19.2. The predicted molar refractivity (Wildman–Crippen MR) is 106 cm³/mol. The molecule has 0 aliphatic carbocycles. The van der Waals surface area contributed by atoms with E-state index in [1.165, 1.54) is 5.56 Å². The van der Waals surface area contributed by atoms with Gasteiger partial charge in [-0.1, -0.05) is 44.2 Å². The first-order valence-electron chi connectivity index (χ1n) is 9.58. The van der Waals surface area contributed by atoms with E-state index in [2.05, 4.69) is 48.3 Å². The lowest BCUT2D eigenvalue weighted by Gasteiger charge is -2.22. The van der Waals surface area contributed by atoms with E-state index in [0.29, 0.717) is 13.1 Å². The maximum Gasteiger partial charge on any atom is 0.234 e. The predicted octanol–water partition coefficient (Wildman–Crippen LogP) is 3.68. The minimum Gasteiger partial charge on any atom is -0.454 e. The number of likely N-dealkylation sites (N-methyl/N-ethyl adjacent to an activating group) is 1. The quantitative estimate of drug-likeness (QED) is 0.772. The van der Waals surface area contributed by atoms with E-state index >= 15 is 0 Å². The summed E-state index contributed by atoms with van der Waals surface area (Å²) in [6.07, 6.45) is 1.02. The number of hydrogen-bond acceptors (Lipinski definition) is 4. The molecule has 0 saturated carbocycles. The molecular formula is C22H28N2O3. The van der Waals surface area contributed by atoms with Crippen LogP contribution in [0.4, 0.5) is 0 Å². The Morgan fingerprint density at radius 1 is 1.07 bits per heavy atom. The fourth-order valence-corrected chi connectivity index (χ4v) is 3.19. The number of aryl methyl sites for hydroxylation is 1. The number of ether oxygens (including phenoxy) is 2. The van der Waals surface area contributed by atoms with Crippen molar-refractivity contribution >= 4 is 5.91 Å². The van der Waals surface area contributed by atoms with Crippen molar-refractivity contribution in [1.82, 2.24) is 10.2 Å². The van der Waals surface area contributed by atoms with E-state index in [9.17, 15) is 4.79 Å². The number of nitrogens with zero attached hydrogens (tertiary/aromatic N) is 1. The van der Waals surface area contributed by atoms with Gasteiger partial charge >= 0.3 is 0 Å². The Bertz CT molecular complexity index is 774. The van der Waals surface area contributed by atoms with E-state index in [-0.39, 0.29) is 18.7 Å². The van der Waals surface area contributed by atoms with Crippen molar-refractivity contribution in [2.45, 2.75) is 39.8 Å². The monoisotopic (exact) mass is 368 g/mol. The Hall–Kier alpha value is -2.53. The number of carbonyl (C=O) groups excluding carboxylic acids is 1. The third kappa shape index (κ3) is 5.01. The highest BCUT2D eigenvalue weighted by atomic mass is 16.7. The fraction of sp³-hybridized carbons (Fsp3) is 0.409. The first-order valence-corrected chi connectivity index (χ1v) is 9.58. The van der Waals surface area contributed by atoms with Crippen LogP contribution >= 0.6 is 0 Å². The zero-order valence-corrected chi connectivity index (χ0v) is 16.3. The molecule has 1 N–H and O–H groups in total. The van der Waals surface area contributed by atoms with Crippen molar-refractivity contribution in [3.63, 3.8) is 0 Å². The molecule has 5 heteroatoms. The number of fused-ring (bicyclic) bond motifs is 1. The van der Waals surface area contributed by atoms with E-state index in [1.807, 2.05) is 25.1 Å². The molecule has 2 aromatic carbocycles. The molecule has 27 heavy (non-hydrogen) atoms. The fourth-order valence-electron chi connectivity index (χ4n) is 3.19. The molecule has 144 valence electrons. The van der Waals surface area contributed by atoms with Crippen LogP contribution in [0, 0.1) is 0 Å². The zero-order valence-electron chi connectivity index (χ0n) is 16.3. The van der Waals surface area contributed by atoms with Crippen LogP contribution in [-0.2, 0) is 17.8 Å². The van der Waals surface area contributed by atoms with Gasteiger partial charge in [-0.3, -0.25) is 9.69 Å². The van der Waals surface area contributed by atoms with Crippen molar-refractivity contribution in [2.24, 2.45) is 0 Å². The van der Waals surface area contributed by atoms with Gasteiger partial charge in [0.25, 0.3) is 0 Å². The van der Waals surface area contributed by atoms with Crippen molar-refractivity contribution in [1.29, 1.82) is 0 Å². The van der Waals surface area contributed by atoms with Gasteiger partial charge in [0, 0.05) is 6.54 Å². The third-order valence-corrected chi connectivity index (χ3v) is 4.92. The number of amides is 1. The average molecular weight is 368 g/mol. The lowest BCUT2D eigenvalue weighted by atomic mass is 10.0. The van der Waals surface area contributed by atoms with Crippen LogP contribution in [0.25, 0.3) is 0 Å². The van der Waals surface area contributed by atoms with Gasteiger partial charge in [0.1, 0.15) is 0 Å². The smallest absolute Gasteiger partial charge is 0.234 e. The third-order valence-electron chi connectivity index (χ3n) is 4.92. The topological polar surface area (TPSA) is 50.8 Å². The summed E-state index contributed by atoms with van der Waals surface area (Å²) in [6.45, 7) is 8.35. The van der Waals surface area contributed by atoms with E-state index in [0.717, 1.165) is 35.6 Å². The van der Waals surface area contributed by atoms with Crippen LogP contribution in [-0.4, -0.2) is 30.7 Å². The molecule has 0 radical (unpaired) electrons. The SMILES string of the molecule is CCc1ccc(C(C)NC(=O)CN(CC)Cc2ccc3c(c2)OCO3)cc1. The van der Waals surface area contributed by atoms with Crippen molar-refractivity contribution in [3.8, 4) is 11.5 Å². The van der Waals surface area contributed by atoms with Crippen LogP contribution in [0.15, 0.2) is 42.5 Å². The average Bonchev–Trinajstić information content (AvgIpc) is 3.15. The molecular weight excluding hydrogens is 340 g/mol. The van der Waals surface area contributed by atoms with Crippen LogP contribution in [0.3, 0.4) is 0 Å². The molecule has 1 amide bonds. The molecule has 1 aliphatic heterocycles. The van der Waals surface area contributed by atoms with Crippen molar-refractivity contribution in [2.75, 3.05) is 19.9 Å². The maximum atomic E-state index is 12.5. The molecule has 0 bridgehead atoms. The Labute approximate surface area is 161 Å². The molecule has 0 aromatic heterocycles. The van der Waals surface area contributed by atoms with Crippen LogP contribution in [0.2, 0.25) is 0 Å². The molecule has 1 aliphatic rings. The van der Waals surface area contributed by atoms with Crippen molar-refractivity contribution < 1.29 is 14.3 Å². The first kappa shape index (κ1) is 19.2. The molecule has 0 spiro atoms. The van der Waals surface area contributed by atoms with E-state index in [1.54, 1.807) is 0 Å². The van der Waals surface area contributed by atoms with Gasteiger partial charge in [-0.05, 0) is 48.7 Å². The van der Waals surface area contributed by atoms with Gasteiger partial charge in [-0.15, -0.1) is 0 Å². The lowest BCUT2D eigenvalue weighted by Crippen LogP contribution is -2.38. The second kappa shape index (κ2) is 8.91. The summed E-state index contributed by atoms with van der Waals surface area (Å²) >= 11 is 0. The van der Waals surface area contributed by atoms with E-state index in [4.69, 9.17) is 9.47 Å². The minimum atomic E-state index is -0.00680. The Morgan fingerprint density at radius 2 is 1.78 bits per heavy atom. The first-order chi connectivity index (χ1) is 13.1. The van der Waals surface area contributed by atoms with Crippen molar-refractivity contribution in [3.05, 3.63) is 59.2 Å². The van der Waals surface area contributed by atoms with Crippen LogP contribution in [0.1, 0.15) is 43.5 Å². The normalized spacial score (nSPS) is 13.6. The Morgan fingerprint density at radius 3 is 2.48 bits per heavy atom. The molecule has 1 unspecified atom stereocenters. The molecule has 1 atom stereocenters. The highest BCUT2D eigenvalue weighted by Crippen LogP contribution is 2.32. The molecule has 3 rings (SSSR count). The van der Waals surface area contributed by atoms with Gasteiger partial charge < -0.3 is 14.8 Å². The minimum absolute atomic E-state index is 0.00680. The van der Waals surface area contributed by atoms with Gasteiger partial charge in [-0.2, -0.15) is 0 Å². The summed E-state index contributed by atoms with van der Waals surface area (Å²) in [6, 6.07) is 14.3. The van der Waals surface area contributed by atoms with E-state index < -0.39 is 0 Å². The second-order valence-corrected chi connectivity index (χ2v) is 6.88. The van der Waals surface area contributed by atoms with Crippen LogP contribution in [0.5, 0.6) is 11.5 Å².